The van der Waals surface area contributed by atoms with Crippen LogP contribution in [-0.4, -0.2) is 57.2 Å². The zero-order valence-corrected chi connectivity index (χ0v) is 21.0. The maximum absolute atomic E-state index is 13.7. The van der Waals surface area contributed by atoms with Crippen molar-refractivity contribution in [3.63, 3.8) is 0 Å². The minimum Gasteiger partial charge on any atom is -0.368 e. The van der Waals surface area contributed by atoms with E-state index in [-0.39, 0.29) is 11.5 Å². The van der Waals surface area contributed by atoms with Gasteiger partial charge in [-0.1, -0.05) is 54.3 Å². The van der Waals surface area contributed by atoms with Crippen LogP contribution in [0.25, 0.3) is 11.7 Å². The van der Waals surface area contributed by atoms with Crippen LogP contribution in [0.3, 0.4) is 0 Å². The molecule has 0 N–H and O–H groups in total. The summed E-state index contributed by atoms with van der Waals surface area (Å²) < 4.78 is 2.01. The molecule has 0 aliphatic carbocycles. The highest BCUT2D eigenvalue weighted by Crippen LogP contribution is 2.33. The summed E-state index contributed by atoms with van der Waals surface area (Å²) in [6.07, 6.45) is 5.08. The maximum Gasteiger partial charge on any atom is 0.267 e. The number of rotatable bonds is 5. The van der Waals surface area contributed by atoms with Crippen molar-refractivity contribution in [2.75, 3.05) is 42.5 Å². The van der Waals surface area contributed by atoms with Gasteiger partial charge in [0.1, 0.15) is 15.8 Å². The molecule has 2 aliphatic heterocycles. The molecule has 2 saturated heterocycles. The van der Waals surface area contributed by atoms with Gasteiger partial charge in [0.2, 0.25) is 0 Å². The minimum atomic E-state index is -0.214. The number of carbonyl (C=O) groups excluding carboxylic acids is 1. The number of para-hydroxylation sites is 1. The molecule has 4 heterocycles. The number of pyridine rings is 1. The monoisotopic (exact) mass is 503 g/mol. The lowest BCUT2D eigenvalue weighted by atomic mass is 10.2. The van der Waals surface area contributed by atoms with Gasteiger partial charge in [-0.15, -0.1) is 6.58 Å². The van der Waals surface area contributed by atoms with Gasteiger partial charge in [0, 0.05) is 44.6 Å². The summed E-state index contributed by atoms with van der Waals surface area (Å²) in [5.74, 6) is 0.383. The number of carbonyl (C=O) groups is 1. The molecule has 1 aromatic carbocycles. The number of hydrogen-bond acceptors (Lipinski definition) is 7. The third kappa shape index (κ3) is 4.49. The molecule has 0 saturated carbocycles. The van der Waals surface area contributed by atoms with Gasteiger partial charge in [-0.25, -0.2) is 4.98 Å². The standard InChI is InChI=1S/C26H25N5O2S2/c1-3-11-30-25(33)21(35-26(30)34)16-20-23(27-22-10-9-18(2)17-31(22)24(20)32)29-14-12-28(13-15-29)19-7-5-4-6-8-19/h3-10,16-17H,1,11-15H2,2H3/b21-16-. The molecule has 0 bridgehead atoms. The molecule has 3 aromatic rings. The third-order valence-corrected chi connectivity index (χ3v) is 7.52. The lowest BCUT2D eigenvalue weighted by Crippen LogP contribution is -2.47. The second-order valence-corrected chi connectivity index (χ2v) is 10.2. The molecule has 5 rings (SSSR count). The number of piperazine rings is 1. The molecular formula is C26H25N5O2S2. The first-order valence-corrected chi connectivity index (χ1v) is 12.6. The number of benzene rings is 1. The first kappa shape index (κ1) is 23.3. The Bertz CT molecular complexity index is 1410. The van der Waals surface area contributed by atoms with Gasteiger partial charge < -0.3 is 9.80 Å². The normalized spacial score (nSPS) is 17.6. The lowest BCUT2D eigenvalue weighted by Gasteiger charge is -2.37. The van der Waals surface area contributed by atoms with Crippen LogP contribution in [0, 0.1) is 6.92 Å². The van der Waals surface area contributed by atoms with Crippen LogP contribution in [0.15, 0.2) is 71.0 Å². The van der Waals surface area contributed by atoms with Crippen LogP contribution in [0.1, 0.15) is 11.1 Å². The smallest absolute Gasteiger partial charge is 0.267 e. The van der Waals surface area contributed by atoms with Crippen molar-refractivity contribution in [1.82, 2.24) is 14.3 Å². The second-order valence-electron chi connectivity index (χ2n) is 8.48. The van der Waals surface area contributed by atoms with E-state index in [0.717, 1.165) is 18.7 Å². The summed E-state index contributed by atoms with van der Waals surface area (Å²) in [5, 5.41) is 0. The van der Waals surface area contributed by atoms with Crippen molar-refractivity contribution in [3.8, 4) is 0 Å². The third-order valence-electron chi connectivity index (χ3n) is 6.15. The van der Waals surface area contributed by atoms with Crippen LogP contribution >= 0.6 is 24.0 Å². The van der Waals surface area contributed by atoms with Gasteiger partial charge in [0.05, 0.1) is 10.5 Å². The van der Waals surface area contributed by atoms with E-state index in [0.29, 0.717) is 45.9 Å². The highest BCUT2D eigenvalue weighted by molar-refractivity contribution is 8.26. The number of amides is 1. The van der Waals surface area contributed by atoms with E-state index in [2.05, 4.69) is 28.5 Å². The highest BCUT2D eigenvalue weighted by Gasteiger charge is 2.32. The van der Waals surface area contributed by atoms with Crippen molar-refractivity contribution in [2.45, 2.75) is 6.92 Å². The number of thiocarbonyl (C=S) groups is 1. The zero-order chi connectivity index (χ0) is 24.5. The van der Waals surface area contributed by atoms with Crippen molar-refractivity contribution < 1.29 is 4.79 Å². The Hall–Kier alpha value is -3.43. The summed E-state index contributed by atoms with van der Waals surface area (Å²) in [5.41, 5.74) is 2.92. The fourth-order valence-corrected chi connectivity index (χ4v) is 5.60. The molecule has 2 aromatic heterocycles. The molecule has 2 aliphatic rings. The number of aromatic nitrogens is 2. The van der Waals surface area contributed by atoms with E-state index in [1.807, 2.05) is 37.3 Å². The van der Waals surface area contributed by atoms with Crippen LogP contribution in [0.5, 0.6) is 0 Å². The van der Waals surface area contributed by atoms with Crippen LogP contribution in [-0.2, 0) is 4.79 Å². The molecule has 0 atom stereocenters. The number of anilines is 2. The van der Waals surface area contributed by atoms with Gasteiger partial charge in [0.15, 0.2) is 0 Å². The molecule has 178 valence electrons. The van der Waals surface area contributed by atoms with Crippen molar-refractivity contribution >= 4 is 57.4 Å². The maximum atomic E-state index is 13.7. The predicted molar refractivity (Wildman–Crippen MR) is 147 cm³/mol. The molecule has 7 nitrogen and oxygen atoms in total. The first-order valence-electron chi connectivity index (χ1n) is 11.4. The Kier molecular flexibility index (Phi) is 6.44. The van der Waals surface area contributed by atoms with Crippen LogP contribution < -0.4 is 15.4 Å². The first-order chi connectivity index (χ1) is 17.0. The Labute approximate surface area is 213 Å². The van der Waals surface area contributed by atoms with E-state index < -0.39 is 0 Å². The number of aryl methyl sites for hydroxylation is 1. The zero-order valence-electron chi connectivity index (χ0n) is 19.4. The molecule has 0 spiro atoms. The summed E-state index contributed by atoms with van der Waals surface area (Å²) in [4.78, 5) is 37.9. The van der Waals surface area contributed by atoms with E-state index in [9.17, 15) is 9.59 Å². The summed E-state index contributed by atoms with van der Waals surface area (Å²) in [6, 6.07) is 14.1. The van der Waals surface area contributed by atoms with Crippen LogP contribution in [0.4, 0.5) is 11.5 Å². The van der Waals surface area contributed by atoms with Gasteiger partial charge >= 0.3 is 0 Å². The summed E-state index contributed by atoms with van der Waals surface area (Å²) in [7, 11) is 0. The van der Waals surface area contributed by atoms with E-state index in [4.69, 9.17) is 17.2 Å². The summed E-state index contributed by atoms with van der Waals surface area (Å²) >= 11 is 6.59. The van der Waals surface area contributed by atoms with Crippen molar-refractivity contribution in [1.29, 1.82) is 0 Å². The van der Waals surface area contributed by atoms with Gasteiger partial charge in [-0.2, -0.15) is 0 Å². The molecule has 2 fully saturated rings. The quantitative estimate of drug-likeness (QED) is 0.299. The molecule has 9 heteroatoms. The van der Waals surface area contributed by atoms with Gasteiger partial charge in [0.25, 0.3) is 11.5 Å². The molecular weight excluding hydrogens is 478 g/mol. The van der Waals surface area contributed by atoms with E-state index in [1.165, 1.54) is 22.3 Å². The molecule has 1 amide bonds. The number of fused-ring (bicyclic) bond motifs is 1. The number of nitrogens with zero attached hydrogens (tertiary/aromatic N) is 5. The molecule has 35 heavy (non-hydrogen) atoms. The molecule has 0 unspecified atom stereocenters. The SMILES string of the molecule is C=CCN1C(=O)/C(=C/c2c(N3CCN(c4ccccc4)CC3)nc3ccc(C)cn3c2=O)SC1=S. The lowest BCUT2D eigenvalue weighted by molar-refractivity contribution is -0.121. The topological polar surface area (TPSA) is 61.2 Å². The predicted octanol–water partition coefficient (Wildman–Crippen LogP) is 3.72. The van der Waals surface area contributed by atoms with Gasteiger partial charge in [-0.05, 0) is 36.8 Å². The van der Waals surface area contributed by atoms with E-state index >= 15 is 0 Å². The fraction of sp³-hybridized carbons (Fsp3) is 0.231. The minimum absolute atomic E-state index is 0.201. The van der Waals surface area contributed by atoms with Crippen molar-refractivity contribution in [3.05, 3.63) is 87.7 Å². The molecule has 0 radical (unpaired) electrons. The summed E-state index contributed by atoms with van der Waals surface area (Å²) in [6.45, 7) is 9.01. The van der Waals surface area contributed by atoms with Crippen LogP contribution in [0.2, 0.25) is 0 Å². The Balaban J connectivity index is 1.55. The van der Waals surface area contributed by atoms with Crippen molar-refractivity contribution in [2.24, 2.45) is 0 Å². The Morgan fingerprint density at radius 3 is 2.49 bits per heavy atom. The number of thioether (sulfide) groups is 1. The fourth-order valence-electron chi connectivity index (χ4n) is 4.35. The van der Waals surface area contributed by atoms with E-state index in [1.54, 1.807) is 22.7 Å². The largest absolute Gasteiger partial charge is 0.368 e. The average molecular weight is 504 g/mol. The highest BCUT2D eigenvalue weighted by atomic mass is 32.2. The number of hydrogen-bond donors (Lipinski definition) is 0. The Morgan fingerprint density at radius 1 is 1.06 bits per heavy atom. The average Bonchev–Trinajstić information content (AvgIpc) is 3.14. The Morgan fingerprint density at radius 2 is 1.77 bits per heavy atom. The van der Waals surface area contributed by atoms with Gasteiger partial charge in [-0.3, -0.25) is 18.9 Å². The second kappa shape index (κ2) is 9.67.